The third-order valence-corrected chi connectivity index (χ3v) is 5.65. The molecule has 0 unspecified atom stereocenters. The van der Waals surface area contributed by atoms with E-state index in [4.69, 9.17) is 17.0 Å². The SMILES string of the molecule is COc1ccc(CCNC(=S)N2CCN(CC(=O)Nc3ccc(OC(F)(F)F)cc3)CC2)cc1. The molecule has 11 heteroatoms. The molecule has 34 heavy (non-hydrogen) atoms. The third kappa shape index (κ3) is 8.38. The Morgan fingerprint density at radius 3 is 2.21 bits per heavy atom. The van der Waals surface area contributed by atoms with Gasteiger partial charge in [-0.2, -0.15) is 0 Å². The average molecular weight is 497 g/mol. The number of anilines is 1. The van der Waals surface area contributed by atoms with Gasteiger partial charge in [-0.15, -0.1) is 13.2 Å². The molecule has 184 valence electrons. The van der Waals surface area contributed by atoms with E-state index in [1.807, 2.05) is 29.2 Å². The van der Waals surface area contributed by atoms with Crippen LogP contribution in [0.5, 0.6) is 11.5 Å². The number of hydrogen-bond donors (Lipinski definition) is 2. The van der Waals surface area contributed by atoms with Gasteiger partial charge in [-0.1, -0.05) is 12.1 Å². The van der Waals surface area contributed by atoms with E-state index in [-0.39, 0.29) is 18.2 Å². The molecule has 7 nitrogen and oxygen atoms in total. The summed E-state index contributed by atoms with van der Waals surface area (Å²) in [7, 11) is 1.64. The Balaban J connectivity index is 1.34. The second-order valence-corrected chi connectivity index (χ2v) is 8.10. The van der Waals surface area contributed by atoms with Crippen LogP contribution < -0.4 is 20.1 Å². The maximum Gasteiger partial charge on any atom is 0.573 e. The Bertz CT molecular complexity index is 947. The fourth-order valence-electron chi connectivity index (χ4n) is 3.47. The molecule has 0 aliphatic carbocycles. The maximum absolute atomic E-state index is 12.3. The number of carbonyl (C=O) groups is 1. The van der Waals surface area contributed by atoms with Gasteiger partial charge < -0.3 is 25.0 Å². The lowest BCUT2D eigenvalue weighted by Crippen LogP contribution is -2.53. The van der Waals surface area contributed by atoms with Crippen molar-refractivity contribution in [2.24, 2.45) is 0 Å². The van der Waals surface area contributed by atoms with Crippen LogP contribution in [0.25, 0.3) is 0 Å². The van der Waals surface area contributed by atoms with E-state index in [2.05, 4.69) is 20.3 Å². The van der Waals surface area contributed by atoms with Crippen molar-refractivity contribution in [3.05, 3.63) is 54.1 Å². The van der Waals surface area contributed by atoms with Crippen LogP contribution >= 0.6 is 12.2 Å². The monoisotopic (exact) mass is 496 g/mol. The molecule has 1 fully saturated rings. The maximum atomic E-state index is 12.3. The molecule has 0 aromatic heterocycles. The first-order valence-corrected chi connectivity index (χ1v) is 11.2. The number of piperazine rings is 1. The number of thiocarbonyl (C=S) groups is 1. The van der Waals surface area contributed by atoms with Crippen molar-refractivity contribution in [1.82, 2.24) is 15.1 Å². The number of hydrogen-bond acceptors (Lipinski definition) is 5. The highest BCUT2D eigenvalue weighted by Gasteiger charge is 2.31. The molecule has 1 saturated heterocycles. The van der Waals surface area contributed by atoms with E-state index < -0.39 is 6.36 Å². The fourth-order valence-corrected chi connectivity index (χ4v) is 3.76. The van der Waals surface area contributed by atoms with Gasteiger partial charge in [0.2, 0.25) is 5.91 Å². The van der Waals surface area contributed by atoms with Crippen LogP contribution in [0.15, 0.2) is 48.5 Å². The lowest BCUT2D eigenvalue weighted by Gasteiger charge is -2.35. The Kier molecular flexibility index (Phi) is 8.94. The molecular formula is C23H27F3N4O3S. The molecule has 0 saturated carbocycles. The first-order chi connectivity index (χ1) is 16.2. The van der Waals surface area contributed by atoms with Crippen molar-refractivity contribution in [3.63, 3.8) is 0 Å². The van der Waals surface area contributed by atoms with Crippen LogP contribution in [0.3, 0.4) is 0 Å². The molecule has 1 aliphatic heterocycles. The molecule has 1 aliphatic rings. The quantitative estimate of drug-likeness (QED) is 0.544. The molecule has 0 radical (unpaired) electrons. The van der Waals surface area contributed by atoms with Crippen molar-refractivity contribution in [3.8, 4) is 11.5 Å². The van der Waals surface area contributed by atoms with Crippen molar-refractivity contribution in [1.29, 1.82) is 0 Å². The van der Waals surface area contributed by atoms with Crippen LogP contribution in [-0.2, 0) is 11.2 Å². The average Bonchev–Trinajstić information content (AvgIpc) is 2.80. The lowest BCUT2D eigenvalue weighted by molar-refractivity contribution is -0.274. The number of benzene rings is 2. The summed E-state index contributed by atoms with van der Waals surface area (Å²) >= 11 is 5.50. The van der Waals surface area contributed by atoms with Gasteiger partial charge in [0.25, 0.3) is 0 Å². The summed E-state index contributed by atoms with van der Waals surface area (Å²) in [5, 5.41) is 6.66. The Labute approximate surface area is 201 Å². The highest BCUT2D eigenvalue weighted by molar-refractivity contribution is 7.80. The second kappa shape index (κ2) is 11.9. The number of rotatable bonds is 8. The minimum Gasteiger partial charge on any atom is -0.497 e. The summed E-state index contributed by atoms with van der Waals surface area (Å²) in [5.74, 6) is 0.251. The zero-order valence-corrected chi connectivity index (χ0v) is 19.5. The molecule has 0 atom stereocenters. The Morgan fingerprint density at radius 2 is 1.62 bits per heavy atom. The zero-order valence-electron chi connectivity index (χ0n) is 18.7. The van der Waals surface area contributed by atoms with E-state index >= 15 is 0 Å². The standard InChI is InChI=1S/C23H27F3N4O3S/c1-32-19-6-2-17(3-7-19)10-11-27-22(34)30-14-12-29(13-15-30)16-21(31)28-18-4-8-20(9-5-18)33-23(24,25)26/h2-9H,10-16H2,1H3,(H,27,34)(H,28,31). The highest BCUT2D eigenvalue weighted by Crippen LogP contribution is 2.24. The molecule has 1 amide bonds. The first kappa shape index (κ1) is 25.6. The van der Waals surface area contributed by atoms with E-state index in [9.17, 15) is 18.0 Å². The van der Waals surface area contributed by atoms with E-state index in [0.717, 1.165) is 30.8 Å². The molecule has 1 heterocycles. The molecule has 2 aromatic carbocycles. The molecular weight excluding hydrogens is 469 g/mol. The fraction of sp³-hybridized carbons (Fsp3) is 0.391. The summed E-state index contributed by atoms with van der Waals surface area (Å²) in [6, 6.07) is 13.0. The van der Waals surface area contributed by atoms with Gasteiger partial charge in [-0.05, 0) is 60.6 Å². The van der Waals surface area contributed by atoms with E-state index in [1.165, 1.54) is 17.7 Å². The van der Waals surface area contributed by atoms with Crippen LogP contribution in [-0.4, -0.2) is 73.6 Å². The number of ether oxygens (including phenoxy) is 2. The predicted octanol–water partition coefficient (Wildman–Crippen LogP) is 3.27. The van der Waals surface area contributed by atoms with Crippen LogP contribution in [0.2, 0.25) is 0 Å². The summed E-state index contributed by atoms with van der Waals surface area (Å²) in [4.78, 5) is 16.4. The summed E-state index contributed by atoms with van der Waals surface area (Å²) < 4.78 is 45.7. The number of nitrogens with zero attached hydrogens (tertiary/aromatic N) is 2. The normalized spacial score (nSPS) is 14.4. The smallest absolute Gasteiger partial charge is 0.497 e. The number of amides is 1. The van der Waals surface area contributed by atoms with Crippen molar-refractivity contribution in [2.75, 3.05) is 51.7 Å². The minimum atomic E-state index is -4.75. The molecule has 2 N–H and O–H groups in total. The van der Waals surface area contributed by atoms with Gasteiger partial charge >= 0.3 is 6.36 Å². The van der Waals surface area contributed by atoms with Crippen molar-refractivity contribution < 1.29 is 27.4 Å². The number of carbonyl (C=O) groups excluding carboxylic acids is 1. The molecule has 0 bridgehead atoms. The summed E-state index contributed by atoms with van der Waals surface area (Å²) in [6.45, 7) is 3.65. The van der Waals surface area contributed by atoms with E-state index in [1.54, 1.807) is 7.11 Å². The van der Waals surface area contributed by atoms with Gasteiger partial charge in [0.1, 0.15) is 11.5 Å². The minimum absolute atomic E-state index is 0.187. The Hall–Kier alpha value is -3.05. The summed E-state index contributed by atoms with van der Waals surface area (Å²) in [5.41, 5.74) is 1.59. The second-order valence-electron chi connectivity index (χ2n) is 7.71. The largest absolute Gasteiger partial charge is 0.573 e. The van der Waals surface area contributed by atoms with Crippen molar-refractivity contribution >= 4 is 28.9 Å². The number of halogens is 3. The molecule has 2 aromatic rings. The number of alkyl halides is 3. The Morgan fingerprint density at radius 1 is 1.00 bits per heavy atom. The van der Waals surface area contributed by atoms with Crippen LogP contribution in [0, 0.1) is 0 Å². The van der Waals surface area contributed by atoms with Gasteiger partial charge in [-0.25, -0.2) is 0 Å². The zero-order chi connectivity index (χ0) is 24.6. The van der Waals surface area contributed by atoms with Gasteiger partial charge in [0.15, 0.2) is 5.11 Å². The number of methoxy groups -OCH3 is 1. The first-order valence-electron chi connectivity index (χ1n) is 10.8. The summed E-state index contributed by atoms with van der Waals surface area (Å²) in [6.07, 6.45) is -3.91. The molecule has 0 spiro atoms. The highest BCUT2D eigenvalue weighted by atomic mass is 32.1. The predicted molar refractivity (Wildman–Crippen MR) is 127 cm³/mol. The van der Waals surface area contributed by atoms with E-state index in [0.29, 0.717) is 37.0 Å². The molecule has 3 rings (SSSR count). The van der Waals surface area contributed by atoms with Crippen LogP contribution in [0.4, 0.5) is 18.9 Å². The topological polar surface area (TPSA) is 66.1 Å². The lowest BCUT2D eigenvalue weighted by atomic mass is 10.1. The number of nitrogens with one attached hydrogen (secondary N) is 2. The van der Waals surface area contributed by atoms with Crippen LogP contribution in [0.1, 0.15) is 5.56 Å². The van der Waals surface area contributed by atoms with Gasteiger partial charge in [0.05, 0.1) is 13.7 Å². The van der Waals surface area contributed by atoms with Gasteiger partial charge in [-0.3, -0.25) is 9.69 Å². The van der Waals surface area contributed by atoms with Crippen molar-refractivity contribution in [2.45, 2.75) is 12.8 Å². The third-order valence-electron chi connectivity index (χ3n) is 5.25. The van der Waals surface area contributed by atoms with Gasteiger partial charge in [0, 0.05) is 38.4 Å².